The van der Waals surface area contributed by atoms with Gasteiger partial charge in [0.05, 0.1) is 16.7 Å². The maximum Gasteiger partial charge on any atom is 0.338 e. The van der Waals surface area contributed by atoms with E-state index in [4.69, 9.17) is 13.9 Å². The zero-order chi connectivity index (χ0) is 23.7. The quantitative estimate of drug-likeness (QED) is 0.236. The maximum atomic E-state index is 12.7. The fourth-order valence-corrected chi connectivity index (χ4v) is 3.82. The molecule has 2 amide bonds. The summed E-state index contributed by atoms with van der Waals surface area (Å²) >= 11 is 0. The molecule has 0 bridgehead atoms. The van der Waals surface area contributed by atoms with Gasteiger partial charge in [-0.1, -0.05) is 0 Å². The molecule has 1 aliphatic rings. The van der Waals surface area contributed by atoms with E-state index in [9.17, 15) is 19.2 Å². The Morgan fingerprint density at radius 2 is 1.70 bits per heavy atom. The number of methoxy groups -OCH3 is 1. The van der Waals surface area contributed by atoms with Gasteiger partial charge in [-0.05, 0) is 61.7 Å². The van der Waals surface area contributed by atoms with Gasteiger partial charge in [0.2, 0.25) is 0 Å². The van der Waals surface area contributed by atoms with Crippen LogP contribution in [0.3, 0.4) is 0 Å². The van der Waals surface area contributed by atoms with Gasteiger partial charge in [0.25, 0.3) is 11.8 Å². The Labute approximate surface area is 189 Å². The Hall–Kier alpha value is -3.78. The van der Waals surface area contributed by atoms with Gasteiger partial charge in [-0.15, -0.1) is 0 Å². The largest absolute Gasteiger partial charge is 0.457 e. The van der Waals surface area contributed by atoms with E-state index in [-0.39, 0.29) is 35.7 Å². The summed E-state index contributed by atoms with van der Waals surface area (Å²) in [4.78, 5) is 51.0. The van der Waals surface area contributed by atoms with E-state index in [1.54, 1.807) is 13.2 Å². The molecule has 0 saturated carbocycles. The third-order valence-corrected chi connectivity index (χ3v) is 5.74. The fourth-order valence-electron chi connectivity index (χ4n) is 3.82. The van der Waals surface area contributed by atoms with Gasteiger partial charge in [-0.2, -0.15) is 0 Å². The van der Waals surface area contributed by atoms with Crippen LogP contribution in [-0.2, 0) is 16.1 Å². The van der Waals surface area contributed by atoms with Gasteiger partial charge < -0.3 is 13.9 Å². The zero-order valence-corrected chi connectivity index (χ0v) is 18.6. The normalized spacial score (nSPS) is 13.0. The highest BCUT2D eigenvalue weighted by Crippen LogP contribution is 2.26. The van der Waals surface area contributed by atoms with Gasteiger partial charge in [0, 0.05) is 37.3 Å². The van der Waals surface area contributed by atoms with Crippen LogP contribution in [0.2, 0.25) is 0 Å². The molecule has 0 fully saturated rings. The molecule has 0 saturated heterocycles. The lowest BCUT2D eigenvalue weighted by Gasteiger charge is -2.12. The monoisotopic (exact) mass is 449 g/mol. The van der Waals surface area contributed by atoms with Crippen molar-refractivity contribution in [3.05, 3.63) is 80.2 Å². The second-order valence-corrected chi connectivity index (χ2v) is 7.97. The van der Waals surface area contributed by atoms with Crippen LogP contribution in [0.1, 0.15) is 54.2 Å². The number of imide groups is 1. The van der Waals surface area contributed by atoms with Crippen LogP contribution in [0.5, 0.6) is 0 Å². The minimum absolute atomic E-state index is 0.142. The Kier molecular flexibility index (Phi) is 6.11. The third kappa shape index (κ3) is 4.29. The van der Waals surface area contributed by atoms with Crippen LogP contribution in [0, 0.1) is 13.8 Å². The van der Waals surface area contributed by atoms with E-state index in [0.717, 1.165) is 16.0 Å². The molecule has 0 N–H and O–H groups in total. The summed E-state index contributed by atoms with van der Waals surface area (Å²) in [5, 5.41) is 0.687. The Balaban J connectivity index is 1.54. The van der Waals surface area contributed by atoms with Crippen LogP contribution in [0.15, 0.2) is 45.6 Å². The molecule has 8 nitrogen and oxygen atoms in total. The van der Waals surface area contributed by atoms with Crippen molar-refractivity contribution in [1.29, 1.82) is 0 Å². The number of esters is 1. The summed E-state index contributed by atoms with van der Waals surface area (Å²) in [5.74, 6) is -1.50. The topological polar surface area (TPSA) is 103 Å². The summed E-state index contributed by atoms with van der Waals surface area (Å²) in [6.45, 7) is 4.38. The molecule has 2 aromatic carbocycles. The summed E-state index contributed by atoms with van der Waals surface area (Å²) in [7, 11) is 1.55. The molecule has 0 spiro atoms. The summed E-state index contributed by atoms with van der Waals surface area (Å²) in [5.41, 5.74) is 2.98. The molecular weight excluding hydrogens is 426 g/mol. The van der Waals surface area contributed by atoms with Crippen LogP contribution in [0.25, 0.3) is 11.0 Å². The highest BCUT2D eigenvalue weighted by Gasteiger charge is 2.35. The van der Waals surface area contributed by atoms with Crippen molar-refractivity contribution in [2.45, 2.75) is 26.9 Å². The molecule has 0 radical (unpaired) electrons. The molecule has 0 atom stereocenters. The van der Waals surface area contributed by atoms with Crippen molar-refractivity contribution >= 4 is 28.8 Å². The number of rotatable bonds is 7. The summed E-state index contributed by atoms with van der Waals surface area (Å²) in [6.07, 6.45) is 0.523. The van der Waals surface area contributed by atoms with Gasteiger partial charge in [0.15, 0.2) is 0 Å². The van der Waals surface area contributed by atoms with Crippen molar-refractivity contribution in [3.8, 4) is 0 Å². The SMILES string of the molecule is COCCCN1C(=O)c2ccc(C(=O)OCc3cc(=O)oc4cc(C)c(C)cc34)cc2C1=O. The molecule has 3 aromatic rings. The fraction of sp³-hybridized carbons (Fsp3) is 0.280. The summed E-state index contributed by atoms with van der Waals surface area (Å²) < 4.78 is 15.7. The number of nitrogens with zero attached hydrogens (tertiary/aromatic N) is 1. The van der Waals surface area contributed by atoms with Gasteiger partial charge >= 0.3 is 11.6 Å². The van der Waals surface area contributed by atoms with E-state index < -0.39 is 17.5 Å². The standard InChI is InChI=1S/C25H23NO7/c1-14-9-19-17(12-22(27)33-21(19)10-15(14)2)13-32-25(30)16-5-6-18-20(11-16)24(29)26(23(18)28)7-4-8-31-3/h5-6,9-12H,4,7-8,13H2,1-3H3. The first-order valence-corrected chi connectivity index (χ1v) is 10.5. The average molecular weight is 449 g/mol. The second kappa shape index (κ2) is 8.99. The number of benzene rings is 2. The number of aryl methyl sites for hydroxylation is 2. The number of hydrogen-bond donors (Lipinski definition) is 0. The first-order valence-electron chi connectivity index (χ1n) is 10.5. The molecular formula is C25H23NO7. The number of carbonyl (C=O) groups excluding carboxylic acids is 3. The number of hydrogen-bond acceptors (Lipinski definition) is 7. The van der Waals surface area contributed by atoms with Gasteiger partial charge in [-0.25, -0.2) is 9.59 Å². The van der Waals surface area contributed by atoms with Crippen LogP contribution in [-0.4, -0.2) is 42.9 Å². The minimum Gasteiger partial charge on any atom is -0.457 e. The van der Waals surface area contributed by atoms with E-state index in [1.165, 1.54) is 24.3 Å². The Bertz CT molecular complexity index is 1340. The highest BCUT2D eigenvalue weighted by atomic mass is 16.5. The molecule has 1 aliphatic heterocycles. The van der Waals surface area contributed by atoms with Crippen LogP contribution < -0.4 is 5.63 Å². The smallest absolute Gasteiger partial charge is 0.338 e. The van der Waals surface area contributed by atoms with Crippen molar-refractivity contribution in [3.63, 3.8) is 0 Å². The van der Waals surface area contributed by atoms with E-state index in [1.807, 2.05) is 19.9 Å². The number of ether oxygens (including phenoxy) is 2. The van der Waals surface area contributed by atoms with E-state index in [2.05, 4.69) is 0 Å². The molecule has 4 rings (SSSR count). The third-order valence-electron chi connectivity index (χ3n) is 5.74. The lowest BCUT2D eigenvalue weighted by molar-refractivity contribution is 0.0473. The van der Waals surface area contributed by atoms with E-state index in [0.29, 0.717) is 29.6 Å². The van der Waals surface area contributed by atoms with Crippen molar-refractivity contribution in [2.24, 2.45) is 0 Å². The van der Waals surface area contributed by atoms with E-state index >= 15 is 0 Å². The molecule has 1 aromatic heterocycles. The molecule has 8 heteroatoms. The number of fused-ring (bicyclic) bond motifs is 2. The number of amides is 2. The molecule has 2 heterocycles. The lowest BCUT2D eigenvalue weighted by atomic mass is 10.0. The second-order valence-electron chi connectivity index (χ2n) is 7.97. The van der Waals surface area contributed by atoms with Crippen molar-refractivity contribution in [2.75, 3.05) is 20.3 Å². The predicted molar refractivity (Wildman–Crippen MR) is 119 cm³/mol. The average Bonchev–Trinajstić information content (AvgIpc) is 3.03. The highest BCUT2D eigenvalue weighted by molar-refractivity contribution is 6.21. The Morgan fingerprint density at radius 3 is 2.45 bits per heavy atom. The first kappa shape index (κ1) is 22.4. The Morgan fingerprint density at radius 1 is 0.970 bits per heavy atom. The van der Waals surface area contributed by atoms with Gasteiger partial charge in [0.1, 0.15) is 12.2 Å². The van der Waals surface area contributed by atoms with Crippen LogP contribution in [0.4, 0.5) is 0 Å². The summed E-state index contributed by atoms with van der Waals surface area (Å²) in [6, 6.07) is 9.25. The van der Waals surface area contributed by atoms with Crippen LogP contribution >= 0.6 is 0 Å². The first-order chi connectivity index (χ1) is 15.8. The van der Waals surface area contributed by atoms with Crippen molar-refractivity contribution < 1.29 is 28.3 Å². The predicted octanol–water partition coefficient (Wildman–Crippen LogP) is 3.40. The number of carbonyl (C=O) groups is 3. The molecule has 170 valence electrons. The molecule has 0 unspecified atom stereocenters. The van der Waals surface area contributed by atoms with Gasteiger partial charge in [-0.3, -0.25) is 14.5 Å². The van der Waals surface area contributed by atoms with Crippen molar-refractivity contribution in [1.82, 2.24) is 4.90 Å². The zero-order valence-electron chi connectivity index (χ0n) is 18.6. The molecule has 0 aliphatic carbocycles. The lowest BCUT2D eigenvalue weighted by Crippen LogP contribution is -2.31. The molecule has 33 heavy (non-hydrogen) atoms. The maximum absolute atomic E-state index is 12.7. The minimum atomic E-state index is -0.666.